The van der Waals surface area contributed by atoms with Gasteiger partial charge in [-0.1, -0.05) is 80.5 Å². The van der Waals surface area contributed by atoms with Crippen LogP contribution >= 0.6 is 0 Å². The van der Waals surface area contributed by atoms with Crippen LogP contribution in [0.5, 0.6) is 0 Å². The molecule has 10 heteroatoms. The molecular weight excluding hydrogens is 500 g/mol. The molecule has 2 aliphatic rings. The number of nitrogens with one attached hydrogen (secondary N) is 3. The Morgan fingerprint density at radius 1 is 1.15 bits per heavy atom. The Labute approximate surface area is 230 Å². The number of amides is 2. The topological polar surface area (TPSA) is 143 Å². The molecular formula is C29H42N4O6. The van der Waals surface area contributed by atoms with Gasteiger partial charge >= 0.3 is 0 Å². The summed E-state index contributed by atoms with van der Waals surface area (Å²) in [4.78, 5) is 34.2. The number of ether oxygens (including phenoxy) is 1. The van der Waals surface area contributed by atoms with Gasteiger partial charge in [-0.3, -0.25) is 30.2 Å². The number of carbonyl (C=O) groups is 2. The molecule has 1 heterocycles. The zero-order valence-electron chi connectivity index (χ0n) is 22.7. The molecule has 1 saturated heterocycles. The smallest absolute Gasteiger partial charge is 0.243 e. The van der Waals surface area contributed by atoms with Crippen LogP contribution in [0, 0.1) is 10.1 Å². The molecule has 1 aromatic carbocycles. The van der Waals surface area contributed by atoms with Gasteiger partial charge in [-0.2, -0.15) is 0 Å². The van der Waals surface area contributed by atoms with E-state index < -0.39 is 24.0 Å². The molecule has 1 aliphatic carbocycles. The quantitative estimate of drug-likeness (QED) is 0.120. The molecule has 3 atom stereocenters. The van der Waals surface area contributed by atoms with E-state index >= 15 is 0 Å². The molecule has 214 valence electrons. The SMILES string of the molecule is CCCCOCC1=CC=CCC=C1.O=C(CCCCCNC(=O)C1CC([N+](=O)[O-])C(c2ccccc2)N1)NO. The number of nitro groups is 1. The van der Waals surface area contributed by atoms with E-state index in [0.717, 1.165) is 38.0 Å². The van der Waals surface area contributed by atoms with Crippen molar-refractivity contribution >= 4 is 11.8 Å². The van der Waals surface area contributed by atoms with E-state index in [-0.39, 0.29) is 23.7 Å². The Hall–Kier alpha value is -3.34. The average Bonchev–Trinajstić information content (AvgIpc) is 3.25. The van der Waals surface area contributed by atoms with Gasteiger partial charge in [0.2, 0.25) is 17.9 Å². The molecule has 0 bridgehead atoms. The van der Waals surface area contributed by atoms with Gasteiger partial charge in [0.15, 0.2) is 0 Å². The maximum atomic E-state index is 12.3. The van der Waals surface area contributed by atoms with Crippen molar-refractivity contribution < 1.29 is 24.5 Å². The monoisotopic (exact) mass is 542 g/mol. The van der Waals surface area contributed by atoms with Crippen molar-refractivity contribution in [3.63, 3.8) is 0 Å². The molecule has 0 aromatic heterocycles. The normalized spacial score (nSPS) is 19.8. The van der Waals surface area contributed by atoms with Gasteiger partial charge in [-0.05, 0) is 36.8 Å². The van der Waals surface area contributed by atoms with Crippen LogP contribution in [0.4, 0.5) is 0 Å². The van der Waals surface area contributed by atoms with Crippen molar-refractivity contribution in [1.29, 1.82) is 0 Å². The lowest BCUT2D eigenvalue weighted by atomic mass is 10.0. The van der Waals surface area contributed by atoms with E-state index in [9.17, 15) is 19.7 Å². The average molecular weight is 543 g/mol. The summed E-state index contributed by atoms with van der Waals surface area (Å²) in [5, 5.41) is 25.6. The van der Waals surface area contributed by atoms with Crippen molar-refractivity contribution in [2.24, 2.45) is 0 Å². The van der Waals surface area contributed by atoms with E-state index in [2.05, 4.69) is 47.9 Å². The lowest BCUT2D eigenvalue weighted by Gasteiger charge is -2.14. The summed E-state index contributed by atoms with van der Waals surface area (Å²) < 4.78 is 5.52. The van der Waals surface area contributed by atoms with Gasteiger partial charge in [0.05, 0.1) is 12.6 Å². The largest absolute Gasteiger partial charge is 0.377 e. The minimum Gasteiger partial charge on any atom is -0.377 e. The number of unbranched alkanes of at least 4 members (excludes halogenated alkanes) is 3. The van der Waals surface area contributed by atoms with E-state index in [0.29, 0.717) is 19.4 Å². The zero-order chi connectivity index (χ0) is 28.3. The summed E-state index contributed by atoms with van der Waals surface area (Å²) in [7, 11) is 0. The molecule has 0 radical (unpaired) electrons. The Kier molecular flexibility index (Phi) is 15.4. The Bertz CT molecular complexity index is 979. The molecule has 2 amide bonds. The minimum atomic E-state index is -0.842. The van der Waals surface area contributed by atoms with Crippen molar-refractivity contribution in [2.75, 3.05) is 19.8 Å². The van der Waals surface area contributed by atoms with E-state index in [1.165, 1.54) is 12.0 Å². The van der Waals surface area contributed by atoms with Crippen LogP contribution in [0.15, 0.2) is 66.3 Å². The first-order valence-electron chi connectivity index (χ1n) is 13.7. The molecule has 1 fully saturated rings. The van der Waals surface area contributed by atoms with Gasteiger partial charge in [0.1, 0.15) is 6.04 Å². The van der Waals surface area contributed by atoms with E-state index in [4.69, 9.17) is 9.94 Å². The highest BCUT2D eigenvalue weighted by molar-refractivity contribution is 5.82. The number of carbonyl (C=O) groups excluding carboxylic acids is 2. The van der Waals surface area contributed by atoms with Crippen LogP contribution in [-0.2, 0) is 14.3 Å². The minimum absolute atomic E-state index is 0.148. The highest BCUT2D eigenvalue weighted by Gasteiger charge is 2.45. The van der Waals surface area contributed by atoms with Crippen molar-refractivity contribution in [3.05, 3.63) is 82.0 Å². The van der Waals surface area contributed by atoms with Crippen LogP contribution in [0.1, 0.15) is 69.9 Å². The molecule has 0 spiro atoms. The Balaban J connectivity index is 0.000000344. The lowest BCUT2D eigenvalue weighted by Crippen LogP contribution is -2.41. The first kappa shape index (κ1) is 31.9. The van der Waals surface area contributed by atoms with Crippen LogP contribution in [0.2, 0.25) is 0 Å². The molecule has 10 nitrogen and oxygen atoms in total. The molecule has 39 heavy (non-hydrogen) atoms. The number of hydrogen-bond acceptors (Lipinski definition) is 7. The lowest BCUT2D eigenvalue weighted by molar-refractivity contribution is -0.524. The van der Waals surface area contributed by atoms with Crippen molar-refractivity contribution in [2.45, 2.75) is 76.4 Å². The third-order valence-corrected chi connectivity index (χ3v) is 6.45. The van der Waals surface area contributed by atoms with Crippen molar-refractivity contribution in [1.82, 2.24) is 16.1 Å². The molecule has 0 saturated carbocycles. The third kappa shape index (κ3) is 12.4. The van der Waals surface area contributed by atoms with Crippen molar-refractivity contribution in [3.8, 4) is 0 Å². The van der Waals surface area contributed by atoms with Gasteiger partial charge < -0.3 is 10.1 Å². The molecule has 4 N–H and O–H groups in total. The fourth-order valence-corrected chi connectivity index (χ4v) is 4.28. The molecule has 3 unspecified atom stereocenters. The third-order valence-electron chi connectivity index (χ3n) is 6.45. The number of benzene rings is 1. The van der Waals surface area contributed by atoms with Crippen LogP contribution in [0.25, 0.3) is 0 Å². The van der Waals surface area contributed by atoms with E-state index in [1.54, 1.807) is 5.48 Å². The number of hydroxylamine groups is 1. The summed E-state index contributed by atoms with van der Waals surface area (Å²) >= 11 is 0. The second-order valence-corrected chi connectivity index (χ2v) is 9.55. The van der Waals surface area contributed by atoms with Gasteiger partial charge in [0.25, 0.3) is 0 Å². The van der Waals surface area contributed by atoms with Gasteiger partial charge in [0, 0.05) is 30.9 Å². The second-order valence-electron chi connectivity index (χ2n) is 9.55. The predicted octanol–water partition coefficient (Wildman–Crippen LogP) is 4.16. The number of hydrogen-bond donors (Lipinski definition) is 4. The fraction of sp³-hybridized carbons (Fsp3) is 0.517. The summed E-state index contributed by atoms with van der Waals surface area (Å²) in [6.45, 7) is 4.25. The van der Waals surface area contributed by atoms with E-state index in [1.807, 2.05) is 30.3 Å². The molecule has 1 aliphatic heterocycles. The predicted molar refractivity (Wildman–Crippen MR) is 150 cm³/mol. The standard InChI is InChI=1S/C17H24N4O5.C12H18O/c22-15(20-24)9-5-2-6-10-18-17(23)13-11-14(21(25)26)16(19-13)12-7-3-1-4-8-12;1-2-3-10-13-11-12-8-6-4-5-7-9-12/h1,3-4,7-8,13-14,16,19,24H,2,5-6,9-11H2,(H,18,23)(H,20,22);4,6-9H,2-3,5,10-11H2,1H3. The maximum Gasteiger partial charge on any atom is 0.243 e. The van der Waals surface area contributed by atoms with Gasteiger partial charge in [-0.25, -0.2) is 5.48 Å². The molecule has 1 aromatic rings. The first-order valence-corrected chi connectivity index (χ1v) is 13.7. The highest BCUT2D eigenvalue weighted by atomic mass is 16.6. The Morgan fingerprint density at radius 3 is 2.67 bits per heavy atom. The summed E-state index contributed by atoms with van der Waals surface area (Å²) in [5.74, 6) is -0.676. The highest BCUT2D eigenvalue weighted by Crippen LogP contribution is 2.29. The fourth-order valence-electron chi connectivity index (χ4n) is 4.28. The Morgan fingerprint density at radius 2 is 1.95 bits per heavy atom. The summed E-state index contributed by atoms with van der Waals surface area (Å²) in [6, 6.07) is 7.18. The van der Waals surface area contributed by atoms with Crippen LogP contribution < -0.4 is 16.1 Å². The number of allylic oxidation sites excluding steroid dienone is 4. The second kappa shape index (κ2) is 18.8. The van der Waals surface area contributed by atoms with Crippen LogP contribution in [0.3, 0.4) is 0 Å². The number of nitrogens with zero attached hydrogens (tertiary/aromatic N) is 1. The number of rotatable bonds is 14. The summed E-state index contributed by atoms with van der Waals surface area (Å²) in [5.41, 5.74) is 3.64. The van der Waals surface area contributed by atoms with Gasteiger partial charge in [-0.15, -0.1) is 0 Å². The first-order chi connectivity index (χ1) is 19.0. The maximum absolute atomic E-state index is 12.3. The summed E-state index contributed by atoms with van der Waals surface area (Å²) in [6.07, 6.45) is 16.5. The zero-order valence-corrected chi connectivity index (χ0v) is 22.7. The molecule has 3 rings (SSSR count). The van der Waals surface area contributed by atoms with Crippen LogP contribution in [-0.4, -0.2) is 53.8 Å².